The number of methoxy groups -OCH3 is 2. The van der Waals surface area contributed by atoms with Crippen molar-refractivity contribution in [2.75, 3.05) is 25.2 Å². The predicted molar refractivity (Wildman–Crippen MR) is 143 cm³/mol. The number of aromatic hydroxyl groups is 2. The zero-order valence-electron chi connectivity index (χ0n) is 20.6. The molecule has 0 unspecified atom stereocenters. The Balaban J connectivity index is 1.69. The van der Waals surface area contributed by atoms with Gasteiger partial charge in [0.2, 0.25) is 10.0 Å². The summed E-state index contributed by atoms with van der Waals surface area (Å²) in [5.74, 6) is 0.587. The molecule has 8 nitrogen and oxygen atoms in total. The molecule has 4 rings (SSSR count). The highest BCUT2D eigenvalue weighted by Gasteiger charge is 2.22. The van der Waals surface area contributed by atoms with Crippen LogP contribution in [0.2, 0.25) is 0 Å². The van der Waals surface area contributed by atoms with Crippen LogP contribution in [0.15, 0.2) is 78.9 Å². The van der Waals surface area contributed by atoms with Gasteiger partial charge < -0.3 is 24.4 Å². The molecule has 0 saturated carbocycles. The first-order valence-corrected chi connectivity index (χ1v) is 13.2. The second-order valence-electron chi connectivity index (χ2n) is 8.29. The summed E-state index contributed by atoms with van der Waals surface area (Å²) in [6.07, 6.45) is 1.07. The van der Waals surface area contributed by atoms with E-state index in [9.17, 15) is 18.6 Å². The van der Waals surface area contributed by atoms with Gasteiger partial charge >= 0.3 is 0 Å². The van der Waals surface area contributed by atoms with E-state index in [0.29, 0.717) is 46.0 Å². The Hall–Kier alpha value is -4.37. The van der Waals surface area contributed by atoms with E-state index in [-0.39, 0.29) is 17.2 Å². The Morgan fingerprint density at radius 2 is 1.49 bits per heavy atom. The number of hydrogen-bond donors (Lipinski definition) is 3. The molecule has 0 aliphatic carbocycles. The molecule has 192 valence electrons. The first-order chi connectivity index (χ1) is 17.7. The molecule has 0 bridgehead atoms. The summed E-state index contributed by atoms with van der Waals surface area (Å²) in [6.45, 7) is 0.295. The van der Waals surface area contributed by atoms with Crippen LogP contribution in [0, 0.1) is 0 Å². The number of anilines is 1. The van der Waals surface area contributed by atoms with Gasteiger partial charge in [-0.1, -0.05) is 48.5 Å². The molecule has 0 fully saturated rings. The minimum Gasteiger partial charge on any atom is -0.504 e. The molecule has 4 aromatic rings. The molecule has 9 heteroatoms. The van der Waals surface area contributed by atoms with Crippen LogP contribution in [0.25, 0.3) is 22.3 Å². The lowest BCUT2D eigenvalue weighted by Gasteiger charge is -2.18. The number of phenolic OH excluding ortho intramolecular Hbond substituents is 2. The lowest BCUT2D eigenvalue weighted by atomic mass is 9.96. The molecule has 3 N–H and O–H groups in total. The molecule has 0 saturated heterocycles. The highest BCUT2D eigenvalue weighted by Crippen LogP contribution is 2.50. The maximum Gasteiger partial charge on any atom is 0.229 e. The predicted octanol–water partition coefficient (Wildman–Crippen LogP) is 5.40. The summed E-state index contributed by atoms with van der Waals surface area (Å²) in [5, 5.41) is 21.8. The van der Waals surface area contributed by atoms with Crippen molar-refractivity contribution in [2.45, 2.75) is 6.61 Å². The number of rotatable bonds is 9. The minimum absolute atomic E-state index is 0.0908. The first kappa shape index (κ1) is 25.7. The third-order valence-corrected chi connectivity index (χ3v) is 6.23. The average Bonchev–Trinajstić information content (AvgIpc) is 2.87. The Labute approximate surface area is 215 Å². The number of ether oxygens (including phenoxy) is 3. The van der Waals surface area contributed by atoms with Crippen LogP contribution < -0.4 is 18.9 Å². The van der Waals surface area contributed by atoms with Gasteiger partial charge in [-0.25, -0.2) is 8.42 Å². The first-order valence-electron chi connectivity index (χ1n) is 11.3. The number of sulfonamides is 1. The lowest BCUT2D eigenvalue weighted by Crippen LogP contribution is -2.09. The third-order valence-electron chi connectivity index (χ3n) is 5.63. The number of nitrogens with one attached hydrogen (secondary N) is 1. The molecule has 0 aliphatic heterocycles. The zero-order valence-corrected chi connectivity index (χ0v) is 21.4. The van der Waals surface area contributed by atoms with Gasteiger partial charge in [-0.2, -0.15) is 0 Å². The maximum atomic E-state index is 11.5. The van der Waals surface area contributed by atoms with E-state index in [1.807, 2.05) is 30.3 Å². The van der Waals surface area contributed by atoms with Crippen molar-refractivity contribution >= 4 is 15.7 Å². The van der Waals surface area contributed by atoms with Crippen molar-refractivity contribution in [1.29, 1.82) is 0 Å². The van der Waals surface area contributed by atoms with Gasteiger partial charge in [0.15, 0.2) is 23.0 Å². The lowest BCUT2D eigenvalue weighted by molar-refractivity contribution is 0.289. The van der Waals surface area contributed by atoms with E-state index in [1.54, 1.807) is 42.5 Å². The van der Waals surface area contributed by atoms with Crippen molar-refractivity contribution in [2.24, 2.45) is 0 Å². The SMILES string of the molecule is COc1cc(-c2ccc(NS(C)(=O)=O)cc2)c(OC)c(O)c1-c1ccc(OCc2ccccc2)c(O)c1. The van der Waals surface area contributed by atoms with Crippen LogP contribution in [0.1, 0.15) is 5.56 Å². The highest BCUT2D eigenvalue weighted by molar-refractivity contribution is 7.92. The molecule has 0 heterocycles. The van der Waals surface area contributed by atoms with Gasteiger partial charge in [-0.15, -0.1) is 0 Å². The fourth-order valence-electron chi connectivity index (χ4n) is 3.95. The standard InChI is InChI=1S/C28H27NO7S/c1-34-25-16-22(19-9-12-21(13-10-19)29-37(3,32)33)28(35-2)27(31)26(25)20-11-14-24(23(30)15-20)36-17-18-7-5-4-6-8-18/h4-16,29-31H,17H2,1-3H3. The van der Waals surface area contributed by atoms with Gasteiger partial charge in [0.1, 0.15) is 12.4 Å². The minimum atomic E-state index is -3.41. The number of benzene rings is 4. The Bertz CT molecular complexity index is 1500. The summed E-state index contributed by atoms with van der Waals surface area (Å²) in [4.78, 5) is 0. The Morgan fingerprint density at radius 3 is 2.08 bits per heavy atom. The summed E-state index contributed by atoms with van der Waals surface area (Å²) in [7, 11) is -0.496. The molecular formula is C28H27NO7S. The molecule has 0 amide bonds. The smallest absolute Gasteiger partial charge is 0.229 e. The third kappa shape index (κ3) is 5.90. The van der Waals surface area contributed by atoms with E-state index in [1.165, 1.54) is 20.3 Å². The Kier molecular flexibility index (Phi) is 7.45. The summed E-state index contributed by atoms with van der Waals surface area (Å²) < 4.78 is 42.3. The largest absolute Gasteiger partial charge is 0.504 e. The van der Waals surface area contributed by atoms with Crippen molar-refractivity contribution < 1.29 is 32.8 Å². The molecule has 0 radical (unpaired) electrons. The average molecular weight is 522 g/mol. The van der Waals surface area contributed by atoms with E-state index < -0.39 is 10.0 Å². The molecule has 37 heavy (non-hydrogen) atoms. The van der Waals surface area contributed by atoms with Gasteiger partial charge in [0, 0.05) is 11.3 Å². The van der Waals surface area contributed by atoms with Crippen molar-refractivity contribution in [1.82, 2.24) is 0 Å². The quantitative estimate of drug-likeness (QED) is 0.270. The van der Waals surface area contributed by atoms with E-state index >= 15 is 0 Å². The van der Waals surface area contributed by atoms with Crippen LogP contribution in [0.4, 0.5) is 5.69 Å². The van der Waals surface area contributed by atoms with Gasteiger partial charge in [-0.3, -0.25) is 4.72 Å². The topological polar surface area (TPSA) is 114 Å². The number of phenols is 2. The fraction of sp³-hybridized carbons (Fsp3) is 0.143. The normalized spacial score (nSPS) is 11.1. The molecule has 0 atom stereocenters. The van der Waals surface area contributed by atoms with Crippen LogP contribution >= 0.6 is 0 Å². The van der Waals surface area contributed by atoms with Crippen LogP contribution in [-0.4, -0.2) is 39.1 Å². The second-order valence-corrected chi connectivity index (χ2v) is 10.0. The van der Waals surface area contributed by atoms with Gasteiger partial charge in [-0.05, 0) is 47.0 Å². The van der Waals surface area contributed by atoms with Crippen molar-refractivity contribution in [3.63, 3.8) is 0 Å². The number of hydrogen-bond acceptors (Lipinski definition) is 7. The van der Waals surface area contributed by atoms with E-state index in [4.69, 9.17) is 14.2 Å². The van der Waals surface area contributed by atoms with Crippen molar-refractivity contribution in [3.05, 3.63) is 84.4 Å². The highest BCUT2D eigenvalue weighted by atomic mass is 32.2. The van der Waals surface area contributed by atoms with Crippen molar-refractivity contribution in [3.8, 4) is 51.0 Å². The van der Waals surface area contributed by atoms with E-state index in [0.717, 1.165) is 11.8 Å². The summed E-state index contributed by atoms with van der Waals surface area (Å²) in [6, 6.07) is 22.8. The zero-order chi connectivity index (χ0) is 26.6. The second kappa shape index (κ2) is 10.7. The Morgan fingerprint density at radius 1 is 0.811 bits per heavy atom. The monoisotopic (exact) mass is 521 g/mol. The maximum absolute atomic E-state index is 11.5. The van der Waals surface area contributed by atoms with E-state index in [2.05, 4.69) is 4.72 Å². The van der Waals surface area contributed by atoms with Gasteiger partial charge in [0.25, 0.3) is 0 Å². The molecular weight excluding hydrogens is 494 g/mol. The van der Waals surface area contributed by atoms with Gasteiger partial charge in [0.05, 0.1) is 26.0 Å². The van der Waals surface area contributed by atoms with Crippen LogP contribution in [-0.2, 0) is 16.6 Å². The van der Waals surface area contributed by atoms with Crippen LogP contribution in [0.3, 0.4) is 0 Å². The molecule has 0 aliphatic rings. The van der Waals surface area contributed by atoms with Crippen LogP contribution in [0.5, 0.6) is 28.7 Å². The molecule has 4 aromatic carbocycles. The molecule has 0 aromatic heterocycles. The summed E-state index contributed by atoms with van der Waals surface area (Å²) in [5.41, 5.74) is 3.41. The molecule has 0 spiro atoms. The summed E-state index contributed by atoms with van der Waals surface area (Å²) >= 11 is 0. The fourth-order valence-corrected chi connectivity index (χ4v) is 4.51.